The minimum absolute atomic E-state index is 0.0632. The van der Waals surface area contributed by atoms with Gasteiger partial charge in [0.1, 0.15) is 0 Å². The fourth-order valence-electron chi connectivity index (χ4n) is 2.89. The minimum Gasteiger partial charge on any atom is -0.211 e. The maximum absolute atomic E-state index is 12.7. The molecule has 1 atom stereocenters. The number of hydrogen-bond donors (Lipinski definition) is 1. The molecule has 0 fully saturated rings. The van der Waals surface area contributed by atoms with Crippen molar-refractivity contribution in [3.63, 3.8) is 0 Å². The third kappa shape index (κ3) is 6.11. The van der Waals surface area contributed by atoms with Crippen molar-refractivity contribution < 1.29 is 8.42 Å². The van der Waals surface area contributed by atoms with Crippen LogP contribution in [0.3, 0.4) is 0 Å². The Balaban J connectivity index is 1.82. The van der Waals surface area contributed by atoms with Crippen LogP contribution < -0.4 is 4.72 Å². The molecule has 3 rings (SSSR count). The fourth-order valence-corrected chi connectivity index (χ4v) is 4.61. The Bertz CT molecular complexity index is 1080. The van der Waals surface area contributed by atoms with Gasteiger partial charge in [0.25, 0.3) is 0 Å². The summed E-state index contributed by atoms with van der Waals surface area (Å²) in [5.74, 6) is -0.106. The van der Waals surface area contributed by atoms with Crippen molar-refractivity contribution in [2.75, 3.05) is 6.54 Å². The highest BCUT2D eigenvalue weighted by Gasteiger charge is 2.20. The van der Waals surface area contributed by atoms with Crippen LogP contribution in [0.15, 0.2) is 71.6 Å². The SMILES string of the molecule is O=S(=O)(NCC(Cc1ccc(Cl)cc1)c1ccc(Cl)cc1)c1ccc(Cl)c(Cl)c1. The van der Waals surface area contributed by atoms with E-state index in [1.807, 2.05) is 36.4 Å². The van der Waals surface area contributed by atoms with Crippen LogP contribution in [0, 0.1) is 0 Å². The standard InChI is InChI=1S/C21H17Cl4NO2S/c22-17-5-1-14(2-6-17)11-16(15-3-7-18(23)8-4-15)13-26-29(27,28)19-9-10-20(24)21(25)12-19/h1-10,12,16,26H,11,13H2. The van der Waals surface area contributed by atoms with Crippen molar-refractivity contribution in [2.45, 2.75) is 17.2 Å². The first-order valence-electron chi connectivity index (χ1n) is 8.69. The molecule has 0 aromatic heterocycles. The summed E-state index contributed by atoms with van der Waals surface area (Å²) in [5, 5.41) is 1.75. The first kappa shape index (κ1) is 22.4. The van der Waals surface area contributed by atoms with Crippen molar-refractivity contribution in [1.29, 1.82) is 0 Å². The number of sulfonamides is 1. The molecule has 29 heavy (non-hydrogen) atoms. The predicted octanol–water partition coefficient (Wildman–Crippen LogP) is 6.61. The minimum atomic E-state index is -3.75. The number of benzene rings is 3. The summed E-state index contributed by atoms with van der Waals surface area (Å²) in [6.45, 7) is 0.201. The van der Waals surface area contributed by atoms with Crippen LogP contribution in [0.5, 0.6) is 0 Å². The summed E-state index contributed by atoms with van der Waals surface area (Å²) >= 11 is 23.8. The Morgan fingerprint density at radius 1 is 0.759 bits per heavy atom. The quantitative estimate of drug-likeness (QED) is 0.406. The van der Waals surface area contributed by atoms with Gasteiger partial charge in [-0.1, -0.05) is 70.7 Å². The predicted molar refractivity (Wildman–Crippen MR) is 121 cm³/mol. The lowest BCUT2D eigenvalue weighted by molar-refractivity contribution is 0.568. The summed E-state index contributed by atoms with van der Waals surface area (Å²) in [7, 11) is -3.75. The Hall–Kier alpha value is -1.27. The van der Waals surface area contributed by atoms with Crippen molar-refractivity contribution >= 4 is 56.4 Å². The van der Waals surface area contributed by atoms with E-state index in [-0.39, 0.29) is 22.4 Å². The molecule has 1 N–H and O–H groups in total. The van der Waals surface area contributed by atoms with Gasteiger partial charge >= 0.3 is 0 Å². The molecule has 0 amide bonds. The van der Waals surface area contributed by atoms with Crippen LogP contribution in [0.1, 0.15) is 17.0 Å². The van der Waals surface area contributed by atoms with E-state index in [1.54, 1.807) is 12.1 Å². The Morgan fingerprint density at radius 2 is 1.34 bits per heavy atom. The molecular formula is C21H17Cl4NO2S. The number of nitrogens with one attached hydrogen (secondary N) is 1. The van der Waals surface area contributed by atoms with E-state index in [0.717, 1.165) is 11.1 Å². The molecule has 0 radical (unpaired) electrons. The topological polar surface area (TPSA) is 46.2 Å². The van der Waals surface area contributed by atoms with E-state index in [2.05, 4.69) is 4.72 Å². The number of rotatable bonds is 7. The van der Waals surface area contributed by atoms with Gasteiger partial charge in [-0.3, -0.25) is 0 Å². The van der Waals surface area contributed by atoms with Gasteiger partial charge in [0, 0.05) is 22.5 Å². The molecule has 0 aliphatic carbocycles. The monoisotopic (exact) mass is 487 g/mol. The van der Waals surface area contributed by atoms with E-state index in [1.165, 1.54) is 18.2 Å². The van der Waals surface area contributed by atoms with Crippen LogP contribution in [0.4, 0.5) is 0 Å². The first-order valence-corrected chi connectivity index (χ1v) is 11.7. The van der Waals surface area contributed by atoms with Crippen molar-refractivity contribution in [3.05, 3.63) is 97.9 Å². The molecule has 3 aromatic carbocycles. The zero-order valence-electron chi connectivity index (χ0n) is 15.1. The van der Waals surface area contributed by atoms with E-state index < -0.39 is 10.0 Å². The zero-order chi connectivity index (χ0) is 21.0. The first-order chi connectivity index (χ1) is 13.7. The number of halogens is 4. The van der Waals surface area contributed by atoms with Gasteiger partial charge in [-0.2, -0.15) is 0 Å². The molecule has 0 bridgehead atoms. The Morgan fingerprint density at radius 3 is 1.93 bits per heavy atom. The van der Waals surface area contributed by atoms with Gasteiger partial charge < -0.3 is 0 Å². The van der Waals surface area contributed by atoms with Crippen LogP contribution in [0.2, 0.25) is 20.1 Å². The lowest BCUT2D eigenvalue weighted by Gasteiger charge is -2.19. The average Bonchev–Trinajstić information content (AvgIpc) is 2.69. The molecule has 0 heterocycles. The second-order valence-electron chi connectivity index (χ2n) is 6.51. The molecule has 1 unspecified atom stereocenters. The van der Waals surface area contributed by atoms with Crippen molar-refractivity contribution in [1.82, 2.24) is 4.72 Å². The molecule has 0 saturated heterocycles. The molecule has 0 spiro atoms. The third-order valence-electron chi connectivity index (χ3n) is 4.46. The average molecular weight is 489 g/mol. The fraction of sp³-hybridized carbons (Fsp3) is 0.143. The van der Waals surface area contributed by atoms with Crippen molar-refractivity contribution in [3.8, 4) is 0 Å². The third-order valence-corrected chi connectivity index (χ3v) is 7.12. The molecule has 3 aromatic rings. The smallest absolute Gasteiger partial charge is 0.211 e. The largest absolute Gasteiger partial charge is 0.240 e. The van der Waals surface area contributed by atoms with Gasteiger partial charge in [-0.15, -0.1) is 0 Å². The summed E-state index contributed by atoms with van der Waals surface area (Å²) in [4.78, 5) is 0.0632. The zero-order valence-corrected chi connectivity index (χ0v) is 18.9. The van der Waals surface area contributed by atoms with Gasteiger partial charge in [-0.05, 0) is 60.0 Å². The second kappa shape index (κ2) is 9.69. The Labute approximate surface area is 190 Å². The van der Waals surface area contributed by atoms with E-state index >= 15 is 0 Å². The van der Waals surface area contributed by atoms with Gasteiger partial charge in [0.05, 0.1) is 14.9 Å². The lowest BCUT2D eigenvalue weighted by Crippen LogP contribution is -2.29. The highest BCUT2D eigenvalue weighted by atomic mass is 35.5. The van der Waals surface area contributed by atoms with Gasteiger partial charge in [0.15, 0.2) is 0 Å². The van der Waals surface area contributed by atoms with Gasteiger partial charge in [0.2, 0.25) is 10.0 Å². The highest BCUT2D eigenvalue weighted by molar-refractivity contribution is 7.89. The molecule has 0 aliphatic heterocycles. The molecule has 0 aliphatic rings. The molecule has 3 nitrogen and oxygen atoms in total. The van der Waals surface area contributed by atoms with Crippen LogP contribution in [-0.2, 0) is 16.4 Å². The van der Waals surface area contributed by atoms with Crippen LogP contribution in [-0.4, -0.2) is 15.0 Å². The van der Waals surface area contributed by atoms with E-state index in [9.17, 15) is 8.42 Å². The highest BCUT2D eigenvalue weighted by Crippen LogP contribution is 2.26. The normalized spacial score (nSPS) is 12.7. The van der Waals surface area contributed by atoms with Crippen molar-refractivity contribution in [2.24, 2.45) is 0 Å². The lowest BCUT2D eigenvalue weighted by atomic mass is 9.92. The maximum Gasteiger partial charge on any atom is 0.240 e. The molecular weight excluding hydrogens is 472 g/mol. The van der Waals surface area contributed by atoms with Crippen LogP contribution >= 0.6 is 46.4 Å². The summed E-state index contributed by atoms with van der Waals surface area (Å²) in [6, 6.07) is 19.1. The molecule has 152 valence electrons. The molecule has 8 heteroatoms. The molecule has 0 saturated carbocycles. The second-order valence-corrected chi connectivity index (χ2v) is 9.96. The number of hydrogen-bond acceptors (Lipinski definition) is 2. The summed E-state index contributed by atoms with van der Waals surface area (Å²) in [6.07, 6.45) is 0.628. The van der Waals surface area contributed by atoms with E-state index in [0.29, 0.717) is 21.5 Å². The summed E-state index contributed by atoms with van der Waals surface area (Å²) < 4.78 is 28.1. The van der Waals surface area contributed by atoms with E-state index in [4.69, 9.17) is 46.4 Å². The summed E-state index contributed by atoms with van der Waals surface area (Å²) in [5.41, 5.74) is 2.02. The maximum atomic E-state index is 12.7. The Kier molecular flexibility index (Phi) is 7.49. The van der Waals surface area contributed by atoms with Crippen LogP contribution in [0.25, 0.3) is 0 Å². The van der Waals surface area contributed by atoms with Gasteiger partial charge in [-0.25, -0.2) is 13.1 Å².